The van der Waals surface area contributed by atoms with E-state index in [1.807, 2.05) is 0 Å². The molecule has 3 atom stereocenters. The first-order chi connectivity index (χ1) is 10.1. The van der Waals surface area contributed by atoms with Crippen molar-refractivity contribution >= 4 is 18.3 Å². The molecule has 1 saturated heterocycles. The highest BCUT2D eigenvalue weighted by atomic mass is 35.5. The number of rotatable bonds is 5. The third-order valence-electron chi connectivity index (χ3n) is 5.57. The summed E-state index contributed by atoms with van der Waals surface area (Å²) in [6.07, 6.45) is 8.96. The van der Waals surface area contributed by atoms with E-state index >= 15 is 0 Å². The number of halogens is 1. The smallest absolute Gasteiger partial charge is 0.223 e. The molecule has 2 fully saturated rings. The topological polar surface area (TPSA) is 41.1 Å². The Hall–Kier alpha value is -0.280. The van der Waals surface area contributed by atoms with E-state index in [9.17, 15) is 4.79 Å². The molecule has 0 spiro atoms. The van der Waals surface area contributed by atoms with Gasteiger partial charge in [-0.3, -0.25) is 4.79 Å². The summed E-state index contributed by atoms with van der Waals surface area (Å²) in [5.41, 5.74) is 0. The Kier molecular flexibility index (Phi) is 8.78. The van der Waals surface area contributed by atoms with Gasteiger partial charge in [0.15, 0.2) is 0 Å². The van der Waals surface area contributed by atoms with E-state index in [-0.39, 0.29) is 18.3 Å². The predicted octanol–water partition coefficient (Wildman–Crippen LogP) is 3.77. The van der Waals surface area contributed by atoms with Crippen molar-refractivity contribution in [3.63, 3.8) is 0 Å². The Morgan fingerprint density at radius 2 is 1.86 bits per heavy atom. The number of carbonyl (C=O) groups is 1. The molecule has 1 amide bonds. The van der Waals surface area contributed by atoms with Gasteiger partial charge in [0.25, 0.3) is 0 Å². The fourth-order valence-electron chi connectivity index (χ4n) is 3.98. The van der Waals surface area contributed by atoms with E-state index < -0.39 is 0 Å². The Morgan fingerprint density at radius 1 is 1.18 bits per heavy atom. The lowest BCUT2D eigenvalue weighted by Crippen LogP contribution is -2.50. The molecule has 3 unspecified atom stereocenters. The summed E-state index contributed by atoms with van der Waals surface area (Å²) < 4.78 is 0. The van der Waals surface area contributed by atoms with Gasteiger partial charge in [0.2, 0.25) is 5.91 Å². The Balaban J connectivity index is 0.00000242. The van der Waals surface area contributed by atoms with Crippen molar-refractivity contribution in [3.05, 3.63) is 0 Å². The van der Waals surface area contributed by atoms with Gasteiger partial charge < -0.3 is 10.6 Å². The van der Waals surface area contributed by atoms with Crippen molar-refractivity contribution in [2.75, 3.05) is 13.1 Å². The van der Waals surface area contributed by atoms with Crippen LogP contribution < -0.4 is 10.6 Å². The van der Waals surface area contributed by atoms with E-state index in [1.54, 1.807) is 0 Å². The highest BCUT2D eigenvalue weighted by Gasteiger charge is 2.30. The lowest BCUT2D eigenvalue weighted by Gasteiger charge is -2.33. The standard InChI is InChI=1S/C18H34N2O.ClH/c1-13(2)16(11-15-7-5-4-6-8-15)18(21)20-17-9-10-19-12-14(17)3;/h13-17,19H,4-12H2,1-3H3,(H,20,21);1H. The van der Waals surface area contributed by atoms with Gasteiger partial charge in [-0.05, 0) is 43.7 Å². The minimum atomic E-state index is 0. The van der Waals surface area contributed by atoms with Crippen molar-refractivity contribution in [1.82, 2.24) is 10.6 Å². The van der Waals surface area contributed by atoms with Gasteiger partial charge in [-0.25, -0.2) is 0 Å². The Bertz CT molecular complexity index is 329. The summed E-state index contributed by atoms with van der Waals surface area (Å²) in [4.78, 5) is 12.7. The van der Waals surface area contributed by atoms with Crippen molar-refractivity contribution in [1.29, 1.82) is 0 Å². The maximum absolute atomic E-state index is 12.7. The van der Waals surface area contributed by atoms with Crippen LogP contribution in [-0.4, -0.2) is 25.0 Å². The number of nitrogens with one attached hydrogen (secondary N) is 2. The van der Waals surface area contributed by atoms with E-state index in [2.05, 4.69) is 31.4 Å². The van der Waals surface area contributed by atoms with Crippen LogP contribution in [0, 0.1) is 23.7 Å². The normalized spacial score (nSPS) is 28.0. The van der Waals surface area contributed by atoms with Crippen LogP contribution in [0.1, 0.15) is 65.7 Å². The van der Waals surface area contributed by atoms with Gasteiger partial charge in [-0.1, -0.05) is 52.9 Å². The molecule has 2 rings (SSSR count). The molecule has 22 heavy (non-hydrogen) atoms. The SMILES string of the molecule is CC(C)C(CC1CCCCC1)C(=O)NC1CCNCC1C.Cl. The van der Waals surface area contributed by atoms with Gasteiger partial charge in [0.05, 0.1) is 0 Å². The number of piperidine rings is 1. The highest BCUT2D eigenvalue weighted by Crippen LogP contribution is 2.32. The zero-order valence-corrected chi connectivity index (χ0v) is 15.4. The molecular weight excluding hydrogens is 296 g/mol. The van der Waals surface area contributed by atoms with E-state index in [1.165, 1.54) is 32.1 Å². The summed E-state index contributed by atoms with van der Waals surface area (Å²) >= 11 is 0. The van der Waals surface area contributed by atoms with Gasteiger partial charge >= 0.3 is 0 Å². The molecule has 0 bridgehead atoms. The number of hydrogen-bond donors (Lipinski definition) is 2. The lowest BCUT2D eigenvalue weighted by molar-refractivity contribution is -0.128. The van der Waals surface area contributed by atoms with Gasteiger partial charge in [0.1, 0.15) is 0 Å². The summed E-state index contributed by atoms with van der Waals surface area (Å²) in [5, 5.41) is 6.76. The summed E-state index contributed by atoms with van der Waals surface area (Å²) in [5.74, 6) is 2.29. The molecule has 0 aromatic carbocycles. The molecule has 130 valence electrons. The monoisotopic (exact) mass is 330 g/mol. The van der Waals surface area contributed by atoms with E-state index in [4.69, 9.17) is 0 Å². The third kappa shape index (κ3) is 5.73. The van der Waals surface area contributed by atoms with Crippen molar-refractivity contribution in [3.8, 4) is 0 Å². The largest absolute Gasteiger partial charge is 0.353 e. The molecule has 0 aromatic rings. The van der Waals surface area contributed by atoms with Crippen LogP contribution in [0.15, 0.2) is 0 Å². The lowest BCUT2D eigenvalue weighted by atomic mass is 9.78. The second-order valence-corrected chi connectivity index (χ2v) is 7.68. The van der Waals surface area contributed by atoms with Crippen LogP contribution in [-0.2, 0) is 4.79 Å². The Morgan fingerprint density at radius 3 is 2.45 bits per heavy atom. The zero-order valence-electron chi connectivity index (χ0n) is 14.6. The number of carbonyl (C=O) groups excluding carboxylic acids is 1. The van der Waals surface area contributed by atoms with Crippen molar-refractivity contribution < 1.29 is 4.79 Å². The first-order valence-corrected chi connectivity index (χ1v) is 9.09. The van der Waals surface area contributed by atoms with Gasteiger partial charge in [-0.15, -0.1) is 12.4 Å². The summed E-state index contributed by atoms with van der Waals surface area (Å²) in [6.45, 7) is 8.71. The molecule has 0 radical (unpaired) electrons. The quantitative estimate of drug-likeness (QED) is 0.805. The number of hydrogen-bond acceptors (Lipinski definition) is 2. The predicted molar refractivity (Wildman–Crippen MR) is 95.3 cm³/mol. The summed E-state index contributed by atoms with van der Waals surface area (Å²) in [7, 11) is 0. The molecule has 1 saturated carbocycles. The van der Waals surface area contributed by atoms with Crippen LogP contribution in [0.4, 0.5) is 0 Å². The average molecular weight is 331 g/mol. The second-order valence-electron chi connectivity index (χ2n) is 7.68. The molecule has 1 aliphatic carbocycles. The van der Waals surface area contributed by atoms with Crippen molar-refractivity contribution in [2.45, 2.75) is 71.8 Å². The van der Waals surface area contributed by atoms with Crippen LogP contribution in [0.2, 0.25) is 0 Å². The fourth-order valence-corrected chi connectivity index (χ4v) is 3.98. The maximum atomic E-state index is 12.7. The highest BCUT2D eigenvalue weighted by molar-refractivity contribution is 5.85. The first kappa shape index (κ1) is 19.8. The Labute approximate surface area is 142 Å². The zero-order chi connectivity index (χ0) is 15.2. The van der Waals surface area contributed by atoms with E-state index in [0.29, 0.717) is 23.8 Å². The molecule has 1 aliphatic heterocycles. The molecule has 4 heteroatoms. The van der Waals surface area contributed by atoms with Crippen LogP contribution in [0.5, 0.6) is 0 Å². The molecule has 2 aliphatic rings. The molecule has 0 aromatic heterocycles. The third-order valence-corrected chi connectivity index (χ3v) is 5.57. The molecule has 1 heterocycles. The molecule has 3 nitrogen and oxygen atoms in total. The maximum Gasteiger partial charge on any atom is 0.223 e. The van der Waals surface area contributed by atoms with Crippen molar-refractivity contribution in [2.24, 2.45) is 23.7 Å². The van der Waals surface area contributed by atoms with Gasteiger partial charge in [-0.2, -0.15) is 0 Å². The van der Waals surface area contributed by atoms with Crippen LogP contribution in [0.3, 0.4) is 0 Å². The minimum Gasteiger partial charge on any atom is -0.353 e. The number of amides is 1. The second kappa shape index (κ2) is 9.77. The minimum absolute atomic E-state index is 0. The van der Waals surface area contributed by atoms with Crippen LogP contribution in [0.25, 0.3) is 0 Å². The van der Waals surface area contributed by atoms with Crippen LogP contribution >= 0.6 is 12.4 Å². The molecular formula is C18H35ClN2O. The summed E-state index contributed by atoms with van der Waals surface area (Å²) in [6, 6.07) is 0.367. The van der Waals surface area contributed by atoms with E-state index in [0.717, 1.165) is 31.8 Å². The molecule has 2 N–H and O–H groups in total. The first-order valence-electron chi connectivity index (χ1n) is 9.09. The fraction of sp³-hybridized carbons (Fsp3) is 0.944. The average Bonchev–Trinajstić information content (AvgIpc) is 2.48. The van der Waals surface area contributed by atoms with Gasteiger partial charge in [0, 0.05) is 12.0 Å².